The van der Waals surface area contributed by atoms with Crippen molar-refractivity contribution in [1.82, 2.24) is 15.5 Å². The molecule has 128 valence electrons. The van der Waals surface area contributed by atoms with Crippen LogP contribution >= 0.6 is 0 Å². The minimum atomic E-state index is -0.255. The number of nitrogens with one attached hydrogen (secondary N) is 1. The summed E-state index contributed by atoms with van der Waals surface area (Å²) in [5.41, 5.74) is 0.820. The molecule has 6 heteroatoms. The van der Waals surface area contributed by atoms with Crippen molar-refractivity contribution in [2.75, 3.05) is 7.11 Å². The van der Waals surface area contributed by atoms with E-state index in [0.29, 0.717) is 11.7 Å². The molecule has 1 fully saturated rings. The summed E-state index contributed by atoms with van der Waals surface area (Å²) in [6.45, 7) is 4.16. The smallest absolute Gasteiger partial charge is 0.249 e. The Bertz CT molecular complexity index is 709. The standard InChI is InChI=1S/C18H23N3O3/c1-4-11(2)15(19-17(22)12-8-9-12)18-20-16(21-24-18)13-6-5-7-14(10-13)23-3/h5-7,10-12,15H,4,8-9H2,1-3H3,(H,19,22). The van der Waals surface area contributed by atoms with Gasteiger partial charge in [-0.15, -0.1) is 0 Å². The molecular formula is C18H23N3O3. The quantitative estimate of drug-likeness (QED) is 0.843. The van der Waals surface area contributed by atoms with Crippen LogP contribution in [0.2, 0.25) is 0 Å². The monoisotopic (exact) mass is 329 g/mol. The molecule has 1 aromatic carbocycles. The Hall–Kier alpha value is -2.37. The minimum Gasteiger partial charge on any atom is -0.497 e. The molecular weight excluding hydrogens is 306 g/mol. The molecule has 1 heterocycles. The highest BCUT2D eigenvalue weighted by atomic mass is 16.5. The molecule has 2 unspecified atom stereocenters. The predicted octanol–water partition coefficient (Wildman–Crippen LogP) is 3.36. The zero-order chi connectivity index (χ0) is 17.1. The first-order chi connectivity index (χ1) is 11.6. The Balaban J connectivity index is 1.83. The lowest BCUT2D eigenvalue weighted by Crippen LogP contribution is -2.33. The highest BCUT2D eigenvalue weighted by Crippen LogP contribution is 2.32. The summed E-state index contributed by atoms with van der Waals surface area (Å²) in [6.07, 6.45) is 2.85. The van der Waals surface area contributed by atoms with E-state index in [1.54, 1.807) is 7.11 Å². The van der Waals surface area contributed by atoms with Crippen molar-refractivity contribution in [3.8, 4) is 17.1 Å². The third kappa shape index (κ3) is 3.58. The van der Waals surface area contributed by atoms with Gasteiger partial charge in [0, 0.05) is 11.5 Å². The maximum atomic E-state index is 12.2. The van der Waals surface area contributed by atoms with Crippen LogP contribution < -0.4 is 10.1 Å². The summed E-state index contributed by atoms with van der Waals surface area (Å²) in [7, 11) is 1.62. The SMILES string of the molecule is CCC(C)C(NC(=O)C1CC1)c1nc(-c2cccc(OC)c2)no1. The van der Waals surface area contributed by atoms with E-state index in [1.165, 1.54) is 0 Å². The van der Waals surface area contributed by atoms with Gasteiger partial charge in [-0.05, 0) is 30.9 Å². The Morgan fingerprint density at radius 1 is 1.46 bits per heavy atom. The fourth-order valence-electron chi connectivity index (χ4n) is 2.54. The second-order valence-electron chi connectivity index (χ2n) is 6.33. The largest absolute Gasteiger partial charge is 0.497 e. The number of amides is 1. The zero-order valence-corrected chi connectivity index (χ0v) is 14.3. The van der Waals surface area contributed by atoms with E-state index in [9.17, 15) is 4.79 Å². The molecule has 1 aliphatic rings. The fourth-order valence-corrected chi connectivity index (χ4v) is 2.54. The van der Waals surface area contributed by atoms with Crippen LogP contribution in [0.5, 0.6) is 5.75 Å². The number of hydrogen-bond donors (Lipinski definition) is 1. The second kappa shape index (κ2) is 7.03. The summed E-state index contributed by atoms with van der Waals surface area (Å²) >= 11 is 0. The van der Waals surface area contributed by atoms with E-state index in [0.717, 1.165) is 30.6 Å². The van der Waals surface area contributed by atoms with Gasteiger partial charge in [-0.2, -0.15) is 4.98 Å². The maximum absolute atomic E-state index is 12.2. The predicted molar refractivity (Wildman–Crippen MR) is 89.3 cm³/mol. The van der Waals surface area contributed by atoms with Crippen LogP contribution in [0.4, 0.5) is 0 Å². The van der Waals surface area contributed by atoms with E-state index in [2.05, 4.69) is 29.3 Å². The summed E-state index contributed by atoms with van der Waals surface area (Å²) < 4.78 is 10.7. The Labute approximate surface area is 141 Å². The van der Waals surface area contributed by atoms with Gasteiger partial charge in [0.05, 0.1) is 7.11 Å². The van der Waals surface area contributed by atoms with Gasteiger partial charge in [0.1, 0.15) is 11.8 Å². The first kappa shape index (κ1) is 16.5. The second-order valence-corrected chi connectivity index (χ2v) is 6.33. The van der Waals surface area contributed by atoms with E-state index < -0.39 is 0 Å². The number of benzene rings is 1. The van der Waals surface area contributed by atoms with E-state index >= 15 is 0 Å². The molecule has 1 aliphatic carbocycles. The molecule has 0 spiro atoms. The van der Waals surface area contributed by atoms with Crippen LogP contribution in [-0.2, 0) is 4.79 Å². The van der Waals surface area contributed by atoms with Gasteiger partial charge in [-0.1, -0.05) is 37.6 Å². The van der Waals surface area contributed by atoms with Gasteiger partial charge in [0.2, 0.25) is 17.6 Å². The first-order valence-corrected chi connectivity index (χ1v) is 8.40. The molecule has 24 heavy (non-hydrogen) atoms. The van der Waals surface area contributed by atoms with E-state index in [1.807, 2.05) is 24.3 Å². The lowest BCUT2D eigenvalue weighted by molar-refractivity contribution is -0.123. The van der Waals surface area contributed by atoms with Crippen molar-refractivity contribution >= 4 is 5.91 Å². The lowest BCUT2D eigenvalue weighted by atomic mass is 9.98. The maximum Gasteiger partial charge on any atom is 0.249 e. The van der Waals surface area contributed by atoms with Crippen LogP contribution in [0.1, 0.15) is 45.0 Å². The van der Waals surface area contributed by atoms with Crippen molar-refractivity contribution in [1.29, 1.82) is 0 Å². The van der Waals surface area contributed by atoms with Gasteiger partial charge in [-0.25, -0.2) is 0 Å². The molecule has 1 N–H and O–H groups in total. The number of carbonyl (C=O) groups excluding carboxylic acids is 1. The average Bonchev–Trinajstić information content (AvgIpc) is 3.36. The van der Waals surface area contributed by atoms with Crippen LogP contribution in [-0.4, -0.2) is 23.2 Å². The molecule has 0 bridgehead atoms. The number of hydrogen-bond acceptors (Lipinski definition) is 5. The van der Waals surface area contributed by atoms with Crippen LogP contribution in [0.15, 0.2) is 28.8 Å². The molecule has 2 aromatic rings. The zero-order valence-electron chi connectivity index (χ0n) is 14.3. The molecule has 0 aliphatic heterocycles. The van der Waals surface area contributed by atoms with Gasteiger partial charge in [-0.3, -0.25) is 4.79 Å². The van der Waals surface area contributed by atoms with Gasteiger partial charge in [0.15, 0.2) is 0 Å². The molecule has 1 saturated carbocycles. The van der Waals surface area contributed by atoms with Crippen LogP contribution in [0.3, 0.4) is 0 Å². The highest BCUT2D eigenvalue weighted by Gasteiger charge is 2.34. The summed E-state index contributed by atoms with van der Waals surface area (Å²) in [4.78, 5) is 16.7. The summed E-state index contributed by atoms with van der Waals surface area (Å²) in [5, 5.41) is 7.15. The number of ether oxygens (including phenoxy) is 1. The van der Waals surface area contributed by atoms with E-state index in [4.69, 9.17) is 9.26 Å². The summed E-state index contributed by atoms with van der Waals surface area (Å²) in [6, 6.07) is 7.25. The van der Waals surface area contributed by atoms with Gasteiger partial charge in [0.25, 0.3) is 0 Å². The molecule has 2 atom stereocenters. The molecule has 6 nitrogen and oxygen atoms in total. The summed E-state index contributed by atoms with van der Waals surface area (Å²) in [5.74, 6) is 2.14. The third-order valence-electron chi connectivity index (χ3n) is 4.49. The third-order valence-corrected chi connectivity index (χ3v) is 4.49. The highest BCUT2D eigenvalue weighted by molar-refractivity contribution is 5.81. The number of nitrogens with zero attached hydrogens (tertiary/aromatic N) is 2. The van der Waals surface area contributed by atoms with Crippen molar-refractivity contribution in [2.24, 2.45) is 11.8 Å². The number of carbonyl (C=O) groups is 1. The Morgan fingerprint density at radius 3 is 2.92 bits per heavy atom. The van der Waals surface area contributed by atoms with Crippen molar-refractivity contribution in [2.45, 2.75) is 39.2 Å². The van der Waals surface area contributed by atoms with Crippen molar-refractivity contribution < 1.29 is 14.1 Å². The van der Waals surface area contributed by atoms with E-state index in [-0.39, 0.29) is 23.8 Å². The number of rotatable bonds is 7. The number of methoxy groups -OCH3 is 1. The first-order valence-electron chi connectivity index (χ1n) is 8.40. The van der Waals surface area contributed by atoms with Crippen LogP contribution in [0.25, 0.3) is 11.4 Å². The normalized spacial score (nSPS) is 16.5. The van der Waals surface area contributed by atoms with Crippen LogP contribution in [0, 0.1) is 11.8 Å². The van der Waals surface area contributed by atoms with Crippen molar-refractivity contribution in [3.63, 3.8) is 0 Å². The minimum absolute atomic E-state index is 0.0847. The van der Waals surface area contributed by atoms with Gasteiger partial charge >= 0.3 is 0 Å². The fraction of sp³-hybridized carbons (Fsp3) is 0.500. The molecule has 1 amide bonds. The van der Waals surface area contributed by atoms with Gasteiger partial charge < -0.3 is 14.6 Å². The molecule has 0 radical (unpaired) electrons. The lowest BCUT2D eigenvalue weighted by Gasteiger charge is -2.20. The Morgan fingerprint density at radius 2 is 2.25 bits per heavy atom. The number of aromatic nitrogens is 2. The topological polar surface area (TPSA) is 77.2 Å². The average molecular weight is 329 g/mol. The molecule has 3 rings (SSSR count). The Kier molecular flexibility index (Phi) is 4.83. The van der Waals surface area contributed by atoms with Crippen molar-refractivity contribution in [3.05, 3.63) is 30.2 Å². The molecule has 1 aromatic heterocycles. The molecule has 0 saturated heterocycles.